The summed E-state index contributed by atoms with van der Waals surface area (Å²) < 4.78 is 2.98. The van der Waals surface area contributed by atoms with E-state index in [0.29, 0.717) is 16.7 Å². The van der Waals surface area contributed by atoms with Crippen LogP contribution in [0.15, 0.2) is 40.2 Å². The molecule has 0 radical (unpaired) electrons. The molecular weight excluding hydrogens is 270 g/mol. The Labute approximate surface area is 119 Å². The predicted octanol–water partition coefficient (Wildman–Crippen LogP) is 0.910. The fraction of sp³-hybridized carbons (Fsp3) is 0.286. The van der Waals surface area contributed by atoms with Crippen LogP contribution in [0.5, 0.6) is 0 Å². The minimum atomic E-state index is -0.447. The number of hydrogen-bond donors (Lipinski definition) is 1. The lowest BCUT2D eigenvalue weighted by atomic mass is 10.2. The molecule has 2 aromatic heterocycles. The first-order chi connectivity index (χ1) is 10.1. The number of para-hydroxylation sites is 1. The van der Waals surface area contributed by atoms with Crippen LogP contribution in [0.4, 0.5) is 0 Å². The number of hydrogen-bond acceptors (Lipinski definition) is 4. The molecule has 0 amide bonds. The summed E-state index contributed by atoms with van der Waals surface area (Å²) in [6.07, 6.45) is 1.60. The molecule has 1 aromatic carbocycles. The normalized spacial score (nSPS) is 11.4. The average Bonchev–Trinajstić information content (AvgIpc) is 2.92. The molecule has 0 aliphatic heterocycles. The first kappa shape index (κ1) is 13.3. The molecule has 0 atom stereocenters. The summed E-state index contributed by atoms with van der Waals surface area (Å²) in [6.45, 7) is 4.07. The molecule has 7 heteroatoms. The van der Waals surface area contributed by atoms with Gasteiger partial charge in [-0.25, -0.2) is 4.79 Å². The Morgan fingerprint density at radius 1 is 1.24 bits per heavy atom. The monoisotopic (exact) mass is 285 g/mol. The van der Waals surface area contributed by atoms with Gasteiger partial charge in [-0.2, -0.15) is 0 Å². The lowest BCUT2D eigenvalue weighted by molar-refractivity contribution is 0.544. The molecule has 0 aliphatic rings. The van der Waals surface area contributed by atoms with Crippen LogP contribution in [0.3, 0.4) is 0 Å². The molecule has 3 rings (SSSR count). The summed E-state index contributed by atoms with van der Waals surface area (Å²) in [5.74, 6) is 0.577. The van der Waals surface area contributed by atoms with Gasteiger partial charge in [0.15, 0.2) is 5.82 Å². The molecule has 2 heterocycles. The van der Waals surface area contributed by atoms with Crippen molar-refractivity contribution in [3.8, 4) is 0 Å². The smallest absolute Gasteiger partial charge is 0.314 e. The van der Waals surface area contributed by atoms with E-state index in [9.17, 15) is 9.59 Å². The van der Waals surface area contributed by atoms with Crippen LogP contribution in [-0.4, -0.2) is 24.3 Å². The van der Waals surface area contributed by atoms with E-state index in [-0.39, 0.29) is 18.1 Å². The summed E-state index contributed by atoms with van der Waals surface area (Å²) in [5, 5.41) is 8.32. The summed E-state index contributed by atoms with van der Waals surface area (Å²) in [6, 6.07) is 7.10. The van der Waals surface area contributed by atoms with Crippen LogP contribution in [0.1, 0.15) is 25.7 Å². The maximum Gasteiger partial charge on any atom is 0.329 e. The highest BCUT2D eigenvalue weighted by Crippen LogP contribution is 2.07. The largest absolute Gasteiger partial charge is 0.329 e. The molecule has 21 heavy (non-hydrogen) atoms. The average molecular weight is 285 g/mol. The maximum atomic E-state index is 12.4. The summed E-state index contributed by atoms with van der Waals surface area (Å²) >= 11 is 0. The molecule has 7 nitrogen and oxygen atoms in total. The van der Waals surface area contributed by atoms with Crippen molar-refractivity contribution in [3.05, 3.63) is 57.3 Å². The van der Waals surface area contributed by atoms with E-state index in [0.717, 1.165) is 4.57 Å². The number of nitrogens with zero attached hydrogens (tertiary/aromatic N) is 4. The van der Waals surface area contributed by atoms with Gasteiger partial charge in [-0.15, -0.1) is 10.2 Å². The Kier molecular flexibility index (Phi) is 3.17. The fourth-order valence-electron chi connectivity index (χ4n) is 2.29. The second kappa shape index (κ2) is 5.01. The van der Waals surface area contributed by atoms with Crippen molar-refractivity contribution in [1.29, 1.82) is 0 Å². The Hall–Kier alpha value is -2.70. The first-order valence-corrected chi connectivity index (χ1v) is 6.68. The van der Waals surface area contributed by atoms with E-state index in [4.69, 9.17) is 0 Å². The van der Waals surface area contributed by atoms with Crippen molar-refractivity contribution < 1.29 is 0 Å². The van der Waals surface area contributed by atoms with Gasteiger partial charge in [-0.05, 0) is 26.0 Å². The Bertz CT molecular complexity index is 903. The van der Waals surface area contributed by atoms with Gasteiger partial charge in [0.25, 0.3) is 5.56 Å². The molecule has 0 aliphatic carbocycles. The molecule has 0 fully saturated rings. The molecule has 1 N–H and O–H groups in total. The van der Waals surface area contributed by atoms with Gasteiger partial charge in [0.2, 0.25) is 0 Å². The SMILES string of the molecule is CC(C)n1cnnc1Cn1c(=O)[nH]c2ccccc2c1=O. The van der Waals surface area contributed by atoms with Crippen LogP contribution in [0.25, 0.3) is 10.9 Å². The second-order valence-corrected chi connectivity index (χ2v) is 5.12. The Balaban J connectivity index is 2.15. The van der Waals surface area contributed by atoms with E-state index in [2.05, 4.69) is 15.2 Å². The van der Waals surface area contributed by atoms with Gasteiger partial charge in [0.05, 0.1) is 17.4 Å². The van der Waals surface area contributed by atoms with Crippen molar-refractivity contribution in [3.63, 3.8) is 0 Å². The zero-order valence-corrected chi connectivity index (χ0v) is 11.8. The van der Waals surface area contributed by atoms with Crippen molar-refractivity contribution >= 4 is 10.9 Å². The number of aromatic amines is 1. The minimum absolute atomic E-state index is 0.0944. The Morgan fingerprint density at radius 3 is 2.76 bits per heavy atom. The quantitative estimate of drug-likeness (QED) is 0.775. The zero-order chi connectivity index (χ0) is 15.0. The van der Waals surface area contributed by atoms with E-state index >= 15 is 0 Å². The summed E-state index contributed by atoms with van der Waals surface area (Å²) in [5.41, 5.74) is -0.237. The number of nitrogens with one attached hydrogen (secondary N) is 1. The van der Waals surface area contributed by atoms with Gasteiger partial charge < -0.3 is 9.55 Å². The summed E-state index contributed by atoms with van der Waals surface area (Å²) in [7, 11) is 0. The first-order valence-electron chi connectivity index (χ1n) is 6.68. The number of benzene rings is 1. The fourth-order valence-corrected chi connectivity index (χ4v) is 2.29. The van der Waals surface area contributed by atoms with Crippen molar-refractivity contribution in [2.75, 3.05) is 0 Å². The van der Waals surface area contributed by atoms with E-state index in [1.807, 2.05) is 18.4 Å². The summed E-state index contributed by atoms with van der Waals surface area (Å²) in [4.78, 5) is 27.3. The van der Waals surface area contributed by atoms with E-state index in [1.165, 1.54) is 0 Å². The van der Waals surface area contributed by atoms with Gasteiger partial charge >= 0.3 is 5.69 Å². The number of fused-ring (bicyclic) bond motifs is 1. The second-order valence-electron chi connectivity index (χ2n) is 5.12. The zero-order valence-electron chi connectivity index (χ0n) is 11.8. The van der Waals surface area contributed by atoms with Gasteiger partial charge in [0, 0.05) is 6.04 Å². The topological polar surface area (TPSA) is 85.6 Å². The van der Waals surface area contributed by atoms with Crippen LogP contribution < -0.4 is 11.2 Å². The maximum absolute atomic E-state index is 12.4. The predicted molar refractivity (Wildman–Crippen MR) is 78.3 cm³/mol. The lowest BCUT2D eigenvalue weighted by Crippen LogP contribution is -2.36. The van der Waals surface area contributed by atoms with Gasteiger partial charge in [0.1, 0.15) is 6.33 Å². The standard InChI is InChI=1S/C14H15N5O2/c1-9(2)19-8-15-17-12(19)7-18-13(20)10-5-3-4-6-11(10)16-14(18)21/h3-6,8-9H,7H2,1-2H3,(H,16,21). The highest BCUT2D eigenvalue weighted by atomic mass is 16.2. The Morgan fingerprint density at radius 2 is 2.00 bits per heavy atom. The van der Waals surface area contributed by atoms with Crippen LogP contribution in [-0.2, 0) is 6.54 Å². The van der Waals surface area contributed by atoms with Crippen molar-refractivity contribution in [1.82, 2.24) is 24.3 Å². The number of rotatable bonds is 3. The highest BCUT2D eigenvalue weighted by Gasteiger charge is 2.12. The molecule has 0 unspecified atom stereocenters. The van der Waals surface area contributed by atoms with E-state index < -0.39 is 5.69 Å². The van der Waals surface area contributed by atoms with Gasteiger partial charge in [-0.3, -0.25) is 9.36 Å². The third-order valence-electron chi connectivity index (χ3n) is 3.39. The minimum Gasteiger partial charge on any atom is -0.314 e. The van der Waals surface area contributed by atoms with Crippen molar-refractivity contribution in [2.24, 2.45) is 0 Å². The third-order valence-corrected chi connectivity index (χ3v) is 3.39. The third kappa shape index (κ3) is 2.26. The van der Waals surface area contributed by atoms with Gasteiger partial charge in [-0.1, -0.05) is 12.1 Å². The molecule has 3 aromatic rings. The molecule has 0 saturated heterocycles. The lowest BCUT2D eigenvalue weighted by Gasteiger charge is -2.11. The van der Waals surface area contributed by atoms with Crippen molar-refractivity contribution in [2.45, 2.75) is 26.4 Å². The molecular formula is C14H15N5O2. The molecule has 108 valence electrons. The number of H-pyrrole nitrogens is 1. The van der Waals surface area contributed by atoms with Crippen LogP contribution in [0.2, 0.25) is 0 Å². The highest BCUT2D eigenvalue weighted by molar-refractivity contribution is 5.76. The molecule has 0 bridgehead atoms. The molecule has 0 saturated carbocycles. The van der Waals surface area contributed by atoms with E-state index in [1.54, 1.807) is 30.6 Å². The number of aromatic nitrogens is 5. The van der Waals surface area contributed by atoms with Crippen LogP contribution in [0, 0.1) is 0 Å². The van der Waals surface area contributed by atoms with Crippen LogP contribution >= 0.6 is 0 Å². The molecule has 0 spiro atoms.